The lowest BCUT2D eigenvalue weighted by Gasteiger charge is -2.39. The molecule has 1 aromatic carbocycles. The normalized spacial score (nSPS) is 20.6. The maximum atomic E-state index is 13.2. The van der Waals surface area contributed by atoms with E-state index in [0.717, 1.165) is 35.2 Å². The van der Waals surface area contributed by atoms with Crippen LogP contribution in [0.15, 0.2) is 59.8 Å². The molecular formula is C29H31N7O3S. The monoisotopic (exact) mass is 557 g/mol. The SMILES string of the molecule is CNc1c(S(C)(=O)=O)c(C2CC3CCC(C2)N3C(=O)C(C)=N)nc2c(-c3ccc(-c4ccccc4)nc3)cnn12. The van der Waals surface area contributed by atoms with Gasteiger partial charge in [-0.15, -0.1) is 0 Å². The van der Waals surface area contributed by atoms with E-state index in [2.05, 4.69) is 15.4 Å². The Labute approximate surface area is 232 Å². The number of rotatable bonds is 6. The van der Waals surface area contributed by atoms with E-state index in [4.69, 9.17) is 10.4 Å². The molecule has 0 saturated carbocycles. The lowest BCUT2D eigenvalue weighted by atomic mass is 9.87. The Morgan fingerprint density at radius 1 is 1.02 bits per heavy atom. The predicted octanol–water partition coefficient (Wildman–Crippen LogP) is 4.18. The zero-order valence-corrected chi connectivity index (χ0v) is 23.4. The molecule has 2 N–H and O–H groups in total. The van der Waals surface area contributed by atoms with Crippen LogP contribution < -0.4 is 5.32 Å². The first-order chi connectivity index (χ1) is 19.2. The second kappa shape index (κ2) is 9.81. The van der Waals surface area contributed by atoms with Crippen molar-refractivity contribution in [1.29, 1.82) is 5.41 Å². The van der Waals surface area contributed by atoms with E-state index in [0.29, 0.717) is 30.0 Å². The molecule has 2 aliphatic heterocycles. The van der Waals surface area contributed by atoms with Crippen molar-refractivity contribution in [2.75, 3.05) is 18.6 Å². The molecule has 11 heteroatoms. The number of anilines is 1. The highest BCUT2D eigenvalue weighted by Crippen LogP contribution is 2.45. The average Bonchev–Trinajstić information content (AvgIpc) is 3.49. The van der Waals surface area contributed by atoms with Gasteiger partial charge >= 0.3 is 0 Å². The number of carbonyl (C=O) groups is 1. The van der Waals surface area contributed by atoms with Gasteiger partial charge in [0.2, 0.25) is 0 Å². The Hall–Kier alpha value is -4.12. The van der Waals surface area contributed by atoms with E-state index in [-0.39, 0.29) is 34.5 Å². The van der Waals surface area contributed by atoms with Gasteiger partial charge in [0.15, 0.2) is 15.5 Å². The van der Waals surface area contributed by atoms with E-state index in [1.54, 1.807) is 24.0 Å². The summed E-state index contributed by atoms with van der Waals surface area (Å²) in [7, 11) is -2.00. The van der Waals surface area contributed by atoms with Crippen molar-refractivity contribution in [2.45, 2.75) is 55.5 Å². The third kappa shape index (κ3) is 4.34. The number of hydrogen-bond donors (Lipinski definition) is 2. The second-order valence-electron chi connectivity index (χ2n) is 10.7. The number of amides is 1. The van der Waals surface area contributed by atoms with Gasteiger partial charge in [0.05, 0.1) is 23.3 Å². The second-order valence-corrected chi connectivity index (χ2v) is 12.6. The lowest BCUT2D eigenvalue weighted by Crippen LogP contribution is -2.48. The fraction of sp³-hybridized carbons (Fsp3) is 0.345. The Kier molecular flexibility index (Phi) is 6.41. The maximum absolute atomic E-state index is 13.2. The molecule has 206 valence electrons. The molecule has 1 amide bonds. The number of aromatic nitrogens is 4. The molecule has 2 saturated heterocycles. The maximum Gasteiger partial charge on any atom is 0.267 e. The fourth-order valence-electron chi connectivity index (χ4n) is 6.32. The van der Waals surface area contributed by atoms with Crippen LogP contribution in [0.25, 0.3) is 28.0 Å². The highest BCUT2D eigenvalue weighted by Gasteiger charge is 2.45. The van der Waals surface area contributed by atoms with Gasteiger partial charge in [-0.1, -0.05) is 36.4 Å². The predicted molar refractivity (Wildman–Crippen MR) is 153 cm³/mol. The van der Waals surface area contributed by atoms with Crippen LogP contribution in [0, 0.1) is 5.41 Å². The molecule has 2 bridgehead atoms. The van der Waals surface area contributed by atoms with Gasteiger partial charge in [-0.3, -0.25) is 15.2 Å². The summed E-state index contributed by atoms with van der Waals surface area (Å²) in [5.74, 6) is -0.0299. The number of hydrogen-bond acceptors (Lipinski definition) is 8. The molecule has 5 heterocycles. The van der Waals surface area contributed by atoms with Gasteiger partial charge in [-0.05, 0) is 38.7 Å². The van der Waals surface area contributed by atoms with Crippen LogP contribution in [0.5, 0.6) is 0 Å². The van der Waals surface area contributed by atoms with Crippen molar-refractivity contribution in [3.05, 3.63) is 60.6 Å². The first kappa shape index (κ1) is 26.1. The van der Waals surface area contributed by atoms with Crippen molar-refractivity contribution in [2.24, 2.45) is 0 Å². The number of piperidine rings is 1. The highest BCUT2D eigenvalue weighted by molar-refractivity contribution is 7.91. The van der Waals surface area contributed by atoms with Crippen molar-refractivity contribution in [3.8, 4) is 22.4 Å². The van der Waals surface area contributed by atoms with E-state index < -0.39 is 9.84 Å². The molecule has 3 aromatic heterocycles. The summed E-state index contributed by atoms with van der Waals surface area (Å²) >= 11 is 0. The molecule has 0 spiro atoms. The first-order valence-electron chi connectivity index (χ1n) is 13.4. The lowest BCUT2D eigenvalue weighted by molar-refractivity contribution is -0.128. The summed E-state index contributed by atoms with van der Waals surface area (Å²) < 4.78 is 27.9. The molecular weight excluding hydrogens is 526 g/mol. The minimum atomic E-state index is -3.68. The van der Waals surface area contributed by atoms with Crippen LogP contribution in [0.2, 0.25) is 0 Å². The number of nitrogens with zero attached hydrogens (tertiary/aromatic N) is 5. The van der Waals surface area contributed by atoms with Crippen LogP contribution in [0.3, 0.4) is 0 Å². The van der Waals surface area contributed by atoms with Crippen LogP contribution >= 0.6 is 0 Å². The summed E-state index contributed by atoms with van der Waals surface area (Å²) in [6.45, 7) is 1.52. The molecule has 40 heavy (non-hydrogen) atoms. The van der Waals surface area contributed by atoms with Gasteiger partial charge < -0.3 is 10.2 Å². The molecule has 10 nitrogen and oxygen atoms in total. The van der Waals surface area contributed by atoms with Crippen LogP contribution in [-0.2, 0) is 14.6 Å². The van der Waals surface area contributed by atoms with Crippen molar-refractivity contribution in [3.63, 3.8) is 0 Å². The Bertz CT molecular complexity index is 1720. The van der Waals surface area contributed by atoms with Crippen LogP contribution in [-0.4, -0.2) is 69.9 Å². The standard InChI is InChI=1S/C29H31N7O3S/c1-17(30)29(37)35-21-10-11-22(35)14-20(13-21)25-26(40(3,38)39)28(31-2)36-27(34-25)23(16-33-36)19-9-12-24(32-15-19)18-7-5-4-6-8-18/h4-9,12,15-16,20-22,30-31H,10-11,13-14H2,1-3H3. The molecule has 2 atom stereocenters. The topological polar surface area (TPSA) is 133 Å². The quantitative estimate of drug-likeness (QED) is 0.340. The molecule has 6 rings (SSSR count). The highest BCUT2D eigenvalue weighted by atomic mass is 32.2. The summed E-state index contributed by atoms with van der Waals surface area (Å²) in [5, 5.41) is 15.5. The minimum absolute atomic E-state index is 0.0278. The molecule has 0 radical (unpaired) electrons. The zero-order valence-electron chi connectivity index (χ0n) is 22.6. The van der Waals surface area contributed by atoms with Crippen molar-refractivity contribution >= 4 is 32.9 Å². The molecule has 4 aromatic rings. The summed E-state index contributed by atoms with van der Waals surface area (Å²) in [6, 6.07) is 13.8. The summed E-state index contributed by atoms with van der Waals surface area (Å²) in [5.41, 5.74) is 4.51. The fourth-order valence-corrected chi connectivity index (χ4v) is 7.45. The van der Waals surface area contributed by atoms with E-state index in [1.165, 1.54) is 13.2 Å². The van der Waals surface area contributed by atoms with E-state index in [1.807, 2.05) is 47.4 Å². The van der Waals surface area contributed by atoms with Gasteiger partial charge in [0, 0.05) is 54.2 Å². The largest absolute Gasteiger partial charge is 0.372 e. The third-order valence-corrected chi connectivity index (χ3v) is 9.20. The molecule has 2 aliphatic rings. The average molecular weight is 558 g/mol. The van der Waals surface area contributed by atoms with Gasteiger partial charge in [0.1, 0.15) is 10.7 Å². The van der Waals surface area contributed by atoms with E-state index >= 15 is 0 Å². The first-order valence-corrected chi connectivity index (χ1v) is 15.3. The zero-order chi connectivity index (χ0) is 28.2. The number of pyridine rings is 1. The van der Waals surface area contributed by atoms with Gasteiger partial charge in [-0.2, -0.15) is 9.61 Å². The number of fused-ring (bicyclic) bond motifs is 3. The van der Waals surface area contributed by atoms with Crippen LogP contribution in [0.4, 0.5) is 5.82 Å². The van der Waals surface area contributed by atoms with Gasteiger partial charge in [-0.25, -0.2) is 13.4 Å². The number of benzene rings is 1. The van der Waals surface area contributed by atoms with Gasteiger partial charge in [0.25, 0.3) is 5.91 Å². The summed E-state index contributed by atoms with van der Waals surface area (Å²) in [4.78, 5) is 24.4. The molecule has 0 aliphatic carbocycles. The number of carbonyl (C=O) groups excluding carboxylic acids is 1. The smallest absolute Gasteiger partial charge is 0.267 e. The molecule has 2 unspecified atom stereocenters. The van der Waals surface area contributed by atoms with Crippen LogP contribution in [0.1, 0.15) is 44.2 Å². The Morgan fingerprint density at radius 2 is 1.73 bits per heavy atom. The number of nitrogens with one attached hydrogen (secondary N) is 2. The van der Waals surface area contributed by atoms with Crippen molar-refractivity contribution < 1.29 is 13.2 Å². The van der Waals surface area contributed by atoms with E-state index in [9.17, 15) is 13.2 Å². The Morgan fingerprint density at radius 3 is 2.30 bits per heavy atom. The summed E-state index contributed by atoms with van der Waals surface area (Å²) in [6.07, 6.45) is 7.55. The molecule has 2 fully saturated rings. The number of sulfone groups is 1. The third-order valence-electron chi connectivity index (χ3n) is 8.06. The Balaban J connectivity index is 1.46. The minimum Gasteiger partial charge on any atom is -0.372 e. The van der Waals surface area contributed by atoms with Crippen molar-refractivity contribution in [1.82, 2.24) is 24.5 Å².